The number of rotatable bonds is 3. The number of nitrogens with zero attached hydrogens (tertiary/aromatic N) is 2. The van der Waals surface area contributed by atoms with Crippen molar-refractivity contribution >= 4 is 17.2 Å². The highest BCUT2D eigenvalue weighted by molar-refractivity contribution is 7.80. The number of thiocarbonyl (C=S) groups is 1. The molecule has 2 aromatic rings. The summed E-state index contributed by atoms with van der Waals surface area (Å²) >= 11 is 4.92. The standard InChI is InChI=1S/C12H11N3OS/c1-8-3-2-4-9(7-8)16-12-10(11(13)17)5-6-14-15-12/h2-7H,1H3,(H2,13,17). The Morgan fingerprint density at radius 1 is 1.35 bits per heavy atom. The number of aryl methyl sites for hydroxylation is 1. The predicted molar refractivity (Wildman–Crippen MR) is 69.2 cm³/mol. The van der Waals surface area contributed by atoms with Crippen molar-refractivity contribution < 1.29 is 4.74 Å². The van der Waals surface area contributed by atoms with Crippen molar-refractivity contribution in [2.24, 2.45) is 5.73 Å². The molecule has 1 heterocycles. The molecule has 2 N–H and O–H groups in total. The highest BCUT2D eigenvalue weighted by Gasteiger charge is 2.09. The van der Waals surface area contributed by atoms with Crippen LogP contribution in [-0.4, -0.2) is 15.2 Å². The summed E-state index contributed by atoms with van der Waals surface area (Å²) in [5.41, 5.74) is 7.26. The molecule has 4 nitrogen and oxygen atoms in total. The number of aromatic nitrogens is 2. The van der Waals surface area contributed by atoms with Gasteiger partial charge in [-0.05, 0) is 30.7 Å². The van der Waals surface area contributed by atoms with Crippen LogP contribution in [0.4, 0.5) is 0 Å². The first kappa shape index (κ1) is 11.5. The Balaban J connectivity index is 2.33. The Labute approximate surface area is 104 Å². The largest absolute Gasteiger partial charge is 0.437 e. The summed E-state index contributed by atoms with van der Waals surface area (Å²) in [6, 6.07) is 9.31. The topological polar surface area (TPSA) is 61.0 Å². The molecule has 0 fully saturated rings. The number of nitrogens with two attached hydrogens (primary N) is 1. The van der Waals surface area contributed by atoms with Crippen molar-refractivity contribution in [3.05, 3.63) is 47.7 Å². The molecule has 1 aromatic heterocycles. The van der Waals surface area contributed by atoms with E-state index < -0.39 is 0 Å². The van der Waals surface area contributed by atoms with Gasteiger partial charge in [0.05, 0.1) is 11.8 Å². The molecule has 86 valence electrons. The van der Waals surface area contributed by atoms with Gasteiger partial charge in [0.15, 0.2) is 0 Å². The molecule has 0 radical (unpaired) electrons. The van der Waals surface area contributed by atoms with Crippen molar-refractivity contribution in [3.8, 4) is 11.6 Å². The van der Waals surface area contributed by atoms with Gasteiger partial charge in [-0.15, -0.1) is 5.10 Å². The van der Waals surface area contributed by atoms with Crippen molar-refractivity contribution in [1.29, 1.82) is 0 Å². The van der Waals surface area contributed by atoms with Crippen LogP contribution < -0.4 is 10.5 Å². The van der Waals surface area contributed by atoms with Crippen LogP contribution in [0.1, 0.15) is 11.1 Å². The van der Waals surface area contributed by atoms with Gasteiger partial charge in [0, 0.05) is 0 Å². The van der Waals surface area contributed by atoms with E-state index in [1.165, 1.54) is 6.20 Å². The van der Waals surface area contributed by atoms with Gasteiger partial charge in [0.1, 0.15) is 10.7 Å². The van der Waals surface area contributed by atoms with Gasteiger partial charge in [0.25, 0.3) is 0 Å². The molecule has 0 aliphatic rings. The summed E-state index contributed by atoms with van der Waals surface area (Å²) in [5, 5.41) is 7.64. The summed E-state index contributed by atoms with van der Waals surface area (Å²) in [4.78, 5) is 0.238. The van der Waals surface area contributed by atoms with E-state index in [9.17, 15) is 0 Å². The molecule has 5 heteroatoms. The summed E-state index contributed by atoms with van der Waals surface area (Å²) in [6.07, 6.45) is 1.53. The average molecular weight is 245 g/mol. The number of ether oxygens (including phenoxy) is 1. The second-order valence-corrected chi connectivity index (χ2v) is 3.97. The second-order valence-electron chi connectivity index (χ2n) is 3.53. The summed E-state index contributed by atoms with van der Waals surface area (Å²) in [7, 11) is 0. The van der Waals surface area contributed by atoms with Gasteiger partial charge >= 0.3 is 0 Å². The van der Waals surface area contributed by atoms with Crippen molar-refractivity contribution in [3.63, 3.8) is 0 Å². The molecule has 0 saturated carbocycles. The minimum atomic E-state index is 0.238. The second kappa shape index (κ2) is 4.88. The number of benzene rings is 1. The zero-order valence-corrected chi connectivity index (χ0v) is 10.1. The molecule has 0 unspecified atom stereocenters. The van der Waals surface area contributed by atoms with E-state index in [0.717, 1.165) is 5.56 Å². The summed E-state index contributed by atoms with van der Waals surface area (Å²) in [5.74, 6) is 1.01. The van der Waals surface area contributed by atoms with Crippen LogP contribution in [0.25, 0.3) is 0 Å². The van der Waals surface area contributed by atoms with E-state index in [4.69, 9.17) is 22.7 Å². The zero-order chi connectivity index (χ0) is 12.3. The number of hydrogen-bond acceptors (Lipinski definition) is 4. The maximum atomic E-state index is 5.61. The molecule has 0 amide bonds. The molecular formula is C12H11N3OS. The summed E-state index contributed by atoms with van der Waals surface area (Å²) < 4.78 is 5.61. The fourth-order valence-corrected chi connectivity index (χ4v) is 1.53. The zero-order valence-electron chi connectivity index (χ0n) is 9.25. The Morgan fingerprint density at radius 2 is 2.18 bits per heavy atom. The monoisotopic (exact) mass is 245 g/mol. The third-order valence-electron chi connectivity index (χ3n) is 2.16. The van der Waals surface area contributed by atoms with E-state index >= 15 is 0 Å². The lowest BCUT2D eigenvalue weighted by Crippen LogP contribution is -2.12. The highest BCUT2D eigenvalue weighted by Crippen LogP contribution is 2.22. The van der Waals surface area contributed by atoms with Crippen LogP contribution >= 0.6 is 12.2 Å². The lowest BCUT2D eigenvalue weighted by atomic mass is 10.2. The van der Waals surface area contributed by atoms with Crippen LogP contribution in [0.15, 0.2) is 36.5 Å². The third kappa shape index (κ3) is 2.76. The van der Waals surface area contributed by atoms with Gasteiger partial charge < -0.3 is 10.5 Å². The van der Waals surface area contributed by atoms with Crippen LogP contribution in [0.2, 0.25) is 0 Å². The molecule has 0 bridgehead atoms. The maximum Gasteiger partial charge on any atom is 0.249 e. The molecule has 0 saturated heterocycles. The predicted octanol–water partition coefficient (Wildman–Crippen LogP) is 2.21. The van der Waals surface area contributed by atoms with E-state index in [1.807, 2.05) is 31.2 Å². The Bertz CT molecular complexity index is 557. The Kier molecular flexibility index (Phi) is 3.30. The fourth-order valence-electron chi connectivity index (χ4n) is 1.37. The minimum absolute atomic E-state index is 0.238. The minimum Gasteiger partial charge on any atom is -0.437 e. The average Bonchev–Trinajstić information content (AvgIpc) is 2.29. The molecule has 17 heavy (non-hydrogen) atoms. The Morgan fingerprint density at radius 3 is 2.88 bits per heavy atom. The third-order valence-corrected chi connectivity index (χ3v) is 2.38. The first-order chi connectivity index (χ1) is 8.16. The number of hydrogen-bond donors (Lipinski definition) is 1. The SMILES string of the molecule is Cc1cccc(Oc2nnccc2C(N)=S)c1. The van der Waals surface area contributed by atoms with Crippen LogP contribution in [0, 0.1) is 6.92 Å². The summed E-state index contributed by atoms with van der Waals surface area (Å²) in [6.45, 7) is 1.98. The van der Waals surface area contributed by atoms with Gasteiger partial charge in [-0.3, -0.25) is 0 Å². The molecule has 0 atom stereocenters. The normalized spacial score (nSPS) is 9.94. The van der Waals surface area contributed by atoms with Gasteiger partial charge in [0.2, 0.25) is 5.88 Å². The molecular weight excluding hydrogens is 234 g/mol. The molecule has 0 aliphatic heterocycles. The van der Waals surface area contributed by atoms with Gasteiger partial charge in [-0.25, -0.2) is 0 Å². The van der Waals surface area contributed by atoms with E-state index in [-0.39, 0.29) is 4.99 Å². The first-order valence-corrected chi connectivity index (χ1v) is 5.43. The van der Waals surface area contributed by atoms with E-state index in [0.29, 0.717) is 17.2 Å². The lowest BCUT2D eigenvalue weighted by molar-refractivity contribution is 0.454. The van der Waals surface area contributed by atoms with Gasteiger partial charge in [-0.2, -0.15) is 5.10 Å². The van der Waals surface area contributed by atoms with Crippen LogP contribution in [0.5, 0.6) is 11.6 Å². The molecule has 0 spiro atoms. The fraction of sp³-hybridized carbons (Fsp3) is 0.0833. The molecule has 2 rings (SSSR count). The quantitative estimate of drug-likeness (QED) is 0.840. The molecule has 0 aliphatic carbocycles. The van der Waals surface area contributed by atoms with Gasteiger partial charge in [-0.1, -0.05) is 24.4 Å². The van der Waals surface area contributed by atoms with Crippen molar-refractivity contribution in [1.82, 2.24) is 10.2 Å². The van der Waals surface area contributed by atoms with E-state index in [2.05, 4.69) is 10.2 Å². The van der Waals surface area contributed by atoms with Crippen molar-refractivity contribution in [2.75, 3.05) is 0 Å². The van der Waals surface area contributed by atoms with Crippen LogP contribution in [0.3, 0.4) is 0 Å². The van der Waals surface area contributed by atoms with Crippen LogP contribution in [-0.2, 0) is 0 Å². The Hall–Kier alpha value is -2.01. The lowest BCUT2D eigenvalue weighted by Gasteiger charge is -2.08. The highest BCUT2D eigenvalue weighted by atomic mass is 32.1. The van der Waals surface area contributed by atoms with Crippen molar-refractivity contribution in [2.45, 2.75) is 6.92 Å². The maximum absolute atomic E-state index is 5.61. The van der Waals surface area contributed by atoms with E-state index in [1.54, 1.807) is 6.07 Å². The smallest absolute Gasteiger partial charge is 0.249 e. The first-order valence-electron chi connectivity index (χ1n) is 5.03. The molecule has 1 aromatic carbocycles.